The number of ether oxygens (including phenoxy) is 1. The van der Waals surface area contributed by atoms with Gasteiger partial charge in [-0.3, -0.25) is 4.79 Å². The van der Waals surface area contributed by atoms with Gasteiger partial charge in [0.1, 0.15) is 0 Å². The minimum Gasteiger partial charge on any atom is -0.466 e. The summed E-state index contributed by atoms with van der Waals surface area (Å²) in [5, 5.41) is 1.84. The Morgan fingerprint density at radius 1 is 1.23 bits per heavy atom. The van der Waals surface area contributed by atoms with Gasteiger partial charge in [-0.25, -0.2) is 4.79 Å². The molecule has 0 radical (unpaired) electrons. The van der Waals surface area contributed by atoms with Crippen LogP contribution in [-0.2, 0) is 14.3 Å². The first-order valence-corrected chi connectivity index (χ1v) is 8.18. The molecule has 0 N–H and O–H groups in total. The molecule has 3 nitrogen and oxygen atoms in total. The first-order chi connectivity index (χ1) is 10.6. The van der Waals surface area contributed by atoms with Crippen molar-refractivity contribution in [3.05, 3.63) is 54.0 Å². The number of esters is 1. The van der Waals surface area contributed by atoms with Gasteiger partial charge in [-0.15, -0.1) is 0 Å². The van der Waals surface area contributed by atoms with Gasteiger partial charge < -0.3 is 4.74 Å². The smallest absolute Gasteiger partial charge is 0.330 e. The van der Waals surface area contributed by atoms with Gasteiger partial charge in [0, 0.05) is 16.9 Å². The average molecular weight is 318 g/mol. The summed E-state index contributed by atoms with van der Waals surface area (Å²) in [4.78, 5) is 24.0. The van der Waals surface area contributed by atoms with E-state index in [9.17, 15) is 9.59 Å². The van der Waals surface area contributed by atoms with Crippen molar-refractivity contribution in [2.75, 3.05) is 7.11 Å². The van der Waals surface area contributed by atoms with E-state index >= 15 is 0 Å². The van der Waals surface area contributed by atoms with Gasteiger partial charge in [-0.2, -0.15) is 0 Å². The summed E-state index contributed by atoms with van der Waals surface area (Å²) >= 11 is 1.54. The van der Waals surface area contributed by atoms with E-state index in [4.69, 9.17) is 0 Å². The Morgan fingerprint density at radius 2 is 1.95 bits per heavy atom. The molecular weight excluding hydrogens is 296 g/mol. The lowest BCUT2D eigenvalue weighted by molar-refractivity contribution is -0.134. The number of carbonyl (C=O) groups is 2. The zero-order chi connectivity index (χ0) is 16.2. The molecule has 1 aromatic rings. The highest BCUT2D eigenvalue weighted by Crippen LogP contribution is 2.19. The van der Waals surface area contributed by atoms with E-state index in [-0.39, 0.29) is 17.7 Å². The number of carbonyl (C=O) groups excluding carboxylic acids is 2. The second-order valence-electron chi connectivity index (χ2n) is 4.89. The van der Waals surface area contributed by atoms with Gasteiger partial charge in [-0.1, -0.05) is 43.0 Å². The molecule has 0 bridgehead atoms. The average Bonchev–Trinajstić information content (AvgIpc) is 2.54. The zero-order valence-corrected chi connectivity index (χ0v) is 13.8. The molecule has 0 aromatic heterocycles. The SMILES string of the molecule is COC(=O)/C=C/CCCC(C)C(=O)/C=C\Sc1ccccc1. The lowest BCUT2D eigenvalue weighted by Crippen LogP contribution is -2.07. The Hall–Kier alpha value is -1.81. The van der Waals surface area contributed by atoms with E-state index < -0.39 is 0 Å². The molecule has 1 unspecified atom stereocenters. The molecule has 0 aliphatic rings. The Bertz CT molecular complexity index is 520. The van der Waals surface area contributed by atoms with Gasteiger partial charge in [0.05, 0.1) is 7.11 Å². The molecule has 0 fully saturated rings. The van der Waals surface area contributed by atoms with Crippen molar-refractivity contribution in [1.29, 1.82) is 0 Å². The molecule has 0 saturated heterocycles. The van der Waals surface area contributed by atoms with Crippen LogP contribution < -0.4 is 0 Å². The maximum atomic E-state index is 12.0. The molecule has 1 atom stereocenters. The minimum absolute atomic E-state index is 0.000787. The number of unbranched alkanes of at least 4 members (excludes halogenated alkanes) is 1. The number of allylic oxidation sites excluding steroid dienone is 2. The van der Waals surface area contributed by atoms with Crippen molar-refractivity contribution >= 4 is 23.5 Å². The molecule has 1 rings (SSSR count). The van der Waals surface area contributed by atoms with Crippen LogP contribution in [0.15, 0.2) is 58.9 Å². The number of hydrogen-bond acceptors (Lipinski definition) is 4. The first kappa shape index (κ1) is 18.2. The van der Waals surface area contributed by atoms with Crippen LogP contribution in [0.2, 0.25) is 0 Å². The van der Waals surface area contributed by atoms with E-state index in [0.29, 0.717) is 0 Å². The van der Waals surface area contributed by atoms with Crippen LogP contribution in [-0.4, -0.2) is 18.9 Å². The summed E-state index contributed by atoms with van der Waals surface area (Å²) < 4.78 is 4.51. The fourth-order valence-electron chi connectivity index (χ4n) is 1.77. The number of hydrogen-bond donors (Lipinski definition) is 0. The Labute approximate surface area is 136 Å². The van der Waals surface area contributed by atoms with Crippen LogP contribution in [0.5, 0.6) is 0 Å². The lowest BCUT2D eigenvalue weighted by atomic mass is 9.99. The van der Waals surface area contributed by atoms with Gasteiger partial charge >= 0.3 is 5.97 Å². The number of ketones is 1. The summed E-state index contributed by atoms with van der Waals surface area (Å²) in [6.07, 6.45) is 7.31. The van der Waals surface area contributed by atoms with E-state index in [1.165, 1.54) is 24.9 Å². The quantitative estimate of drug-likeness (QED) is 0.293. The number of thioether (sulfide) groups is 1. The maximum absolute atomic E-state index is 12.0. The molecule has 0 aliphatic carbocycles. The molecule has 0 amide bonds. The lowest BCUT2D eigenvalue weighted by Gasteiger charge is -2.05. The zero-order valence-electron chi connectivity index (χ0n) is 13.0. The van der Waals surface area contributed by atoms with Crippen LogP contribution >= 0.6 is 11.8 Å². The summed E-state index contributed by atoms with van der Waals surface area (Å²) in [5.41, 5.74) is 0. The second-order valence-corrected chi connectivity index (χ2v) is 5.87. The van der Waals surface area contributed by atoms with Crippen molar-refractivity contribution in [3.63, 3.8) is 0 Å². The van der Waals surface area contributed by atoms with Crippen molar-refractivity contribution in [2.45, 2.75) is 31.1 Å². The highest BCUT2D eigenvalue weighted by Gasteiger charge is 2.08. The largest absolute Gasteiger partial charge is 0.466 e. The molecule has 22 heavy (non-hydrogen) atoms. The van der Waals surface area contributed by atoms with Crippen LogP contribution in [0, 0.1) is 5.92 Å². The van der Waals surface area contributed by atoms with Crippen LogP contribution in [0.1, 0.15) is 26.2 Å². The predicted octanol–water partition coefficient (Wildman–Crippen LogP) is 4.40. The molecule has 0 saturated carbocycles. The van der Waals surface area contributed by atoms with Crippen molar-refractivity contribution in [1.82, 2.24) is 0 Å². The van der Waals surface area contributed by atoms with Gasteiger partial charge in [0.15, 0.2) is 5.78 Å². The molecule has 4 heteroatoms. The van der Waals surface area contributed by atoms with E-state index in [1.807, 2.05) is 42.7 Å². The number of rotatable bonds is 9. The van der Waals surface area contributed by atoms with E-state index in [2.05, 4.69) is 4.74 Å². The predicted molar refractivity (Wildman–Crippen MR) is 90.6 cm³/mol. The molecule has 0 heterocycles. The standard InChI is InChI=1S/C18H22O3S/c1-15(9-5-3-8-12-18(20)21-2)17(19)13-14-22-16-10-6-4-7-11-16/h4,6-8,10-15H,3,5,9H2,1-2H3/b12-8+,14-13-. The third-order valence-corrected chi connectivity index (χ3v) is 3.94. The fraction of sp³-hybridized carbons (Fsp3) is 0.333. The minimum atomic E-state index is -0.343. The van der Waals surface area contributed by atoms with Crippen molar-refractivity contribution in [3.8, 4) is 0 Å². The van der Waals surface area contributed by atoms with Crippen LogP contribution in [0.3, 0.4) is 0 Å². The van der Waals surface area contributed by atoms with E-state index in [0.717, 1.165) is 24.2 Å². The summed E-state index contributed by atoms with van der Waals surface area (Å²) in [6, 6.07) is 9.94. The molecule has 1 aromatic carbocycles. The van der Waals surface area contributed by atoms with Crippen LogP contribution in [0.4, 0.5) is 0 Å². The van der Waals surface area contributed by atoms with Crippen molar-refractivity contribution in [2.24, 2.45) is 5.92 Å². The third kappa shape index (κ3) is 7.84. The molecule has 0 spiro atoms. The molecule has 118 valence electrons. The molecule has 0 aliphatic heterocycles. The van der Waals surface area contributed by atoms with Crippen molar-refractivity contribution < 1.29 is 14.3 Å². The fourth-order valence-corrected chi connectivity index (χ4v) is 2.45. The highest BCUT2D eigenvalue weighted by molar-refractivity contribution is 8.02. The van der Waals surface area contributed by atoms with E-state index in [1.54, 1.807) is 12.2 Å². The summed E-state index contributed by atoms with van der Waals surface area (Å²) in [5.74, 6) is -0.204. The van der Waals surface area contributed by atoms with Crippen LogP contribution in [0.25, 0.3) is 0 Å². The van der Waals surface area contributed by atoms with Gasteiger partial charge in [0.25, 0.3) is 0 Å². The molecular formula is C18H22O3S. The highest BCUT2D eigenvalue weighted by atomic mass is 32.2. The normalized spacial score (nSPS) is 12.6. The summed E-state index contributed by atoms with van der Waals surface area (Å²) in [7, 11) is 1.35. The van der Waals surface area contributed by atoms with Gasteiger partial charge in [-0.05, 0) is 42.9 Å². The maximum Gasteiger partial charge on any atom is 0.330 e. The topological polar surface area (TPSA) is 43.4 Å². The Morgan fingerprint density at radius 3 is 2.64 bits per heavy atom. The Kier molecular flexibility index (Phi) is 9.00. The third-order valence-electron chi connectivity index (χ3n) is 3.13. The Balaban J connectivity index is 2.24. The first-order valence-electron chi connectivity index (χ1n) is 7.30. The monoisotopic (exact) mass is 318 g/mol. The van der Waals surface area contributed by atoms with Gasteiger partial charge in [0.2, 0.25) is 0 Å². The second kappa shape index (κ2) is 10.9. The number of benzene rings is 1. The summed E-state index contributed by atoms with van der Waals surface area (Å²) in [6.45, 7) is 1.93. The number of methoxy groups -OCH3 is 1.